The number of aryl methyl sites for hydroxylation is 2. The number of hydrogen-bond acceptors (Lipinski definition) is 7. The van der Waals surface area contributed by atoms with E-state index in [0.29, 0.717) is 50.3 Å². The van der Waals surface area contributed by atoms with Gasteiger partial charge in [0.05, 0.1) is 13.2 Å². The van der Waals surface area contributed by atoms with E-state index in [2.05, 4.69) is 4.90 Å². The molecule has 0 unspecified atom stereocenters. The van der Waals surface area contributed by atoms with Gasteiger partial charge in [0.15, 0.2) is 6.61 Å². The molecule has 198 valence electrons. The molecule has 2 aromatic carbocycles. The number of nitrogens with zero attached hydrogens (tertiary/aromatic N) is 1. The Bertz CT molecular complexity index is 1110. The number of carbonyl (C=O) groups is 3. The molecular weight excluding hydrogens is 472 g/mol. The Balaban J connectivity index is 1.78. The van der Waals surface area contributed by atoms with Crippen molar-refractivity contribution in [1.29, 1.82) is 0 Å². The number of nitrogens with two attached hydrogens (primary N) is 1. The molecule has 3 rings (SSSR count). The summed E-state index contributed by atoms with van der Waals surface area (Å²) in [6.07, 6.45) is 1.84. The van der Waals surface area contributed by atoms with E-state index in [1.54, 1.807) is 12.1 Å². The number of hydrogen-bond donors (Lipinski definition) is 1. The van der Waals surface area contributed by atoms with Gasteiger partial charge in [0, 0.05) is 30.8 Å². The minimum atomic E-state index is -1.03. The van der Waals surface area contributed by atoms with Crippen LogP contribution in [0.5, 0.6) is 5.75 Å². The maximum atomic E-state index is 13.1. The molecule has 0 aliphatic carbocycles. The number of ketones is 1. The van der Waals surface area contributed by atoms with Crippen LogP contribution in [0.2, 0.25) is 0 Å². The first-order valence-electron chi connectivity index (χ1n) is 12.7. The van der Waals surface area contributed by atoms with Crippen LogP contribution in [0.3, 0.4) is 0 Å². The fraction of sp³-hybridized carbons (Fsp3) is 0.414. The normalized spacial score (nSPS) is 14.5. The Morgan fingerprint density at radius 2 is 1.76 bits per heavy atom. The summed E-state index contributed by atoms with van der Waals surface area (Å²) in [4.78, 5) is 39.7. The quantitative estimate of drug-likeness (QED) is 0.252. The lowest BCUT2D eigenvalue weighted by molar-refractivity contribution is -0.146. The number of Topliss-reactive ketones (excluding diaryl/α,β-unsaturated/α-hetero) is 1. The SMILES string of the molecule is CC/C(CCc1ccccc1)=C(\C(=O)C(N)=O)c1c(C)cccc1OCC(=O)OCCN1CCOCC1. The fourth-order valence-corrected chi connectivity index (χ4v) is 4.37. The maximum absolute atomic E-state index is 13.1. The van der Waals surface area contributed by atoms with E-state index >= 15 is 0 Å². The predicted octanol–water partition coefficient (Wildman–Crippen LogP) is 3.10. The van der Waals surface area contributed by atoms with Gasteiger partial charge in [0.25, 0.3) is 11.7 Å². The molecule has 1 aliphatic heterocycles. The Hall–Kier alpha value is -3.49. The molecule has 0 spiro atoms. The van der Waals surface area contributed by atoms with Gasteiger partial charge in [0.1, 0.15) is 12.4 Å². The van der Waals surface area contributed by atoms with E-state index < -0.39 is 17.7 Å². The Morgan fingerprint density at radius 1 is 1.03 bits per heavy atom. The molecule has 0 bridgehead atoms. The van der Waals surface area contributed by atoms with Crippen LogP contribution in [0.15, 0.2) is 54.1 Å². The van der Waals surface area contributed by atoms with Gasteiger partial charge in [-0.05, 0) is 43.4 Å². The van der Waals surface area contributed by atoms with Crippen LogP contribution in [0.4, 0.5) is 0 Å². The number of benzene rings is 2. The molecule has 1 amide bonds. The highest BCUT2D eigenvalue weighted by molar-refractivity contribution is 6.53. The number of carbonyl (C=O) groups excluding carboxylic acids is 3. The first-order valence-corrected chi connectivity index (χ1v) is 12.7. The highest BCUT2D eigenvalue weighted by Crippen LogP contribution is 2.34. The Kier molecular flexibility index (Phi) is 10.9. The van der Waals surface area contributed by atoms with Crippen molar-refractivity contribution in [3.63, 3.8) is 0 Å². The van der Waals surface area contributed by atoms with Crippen molar-refractivity contribution >= 4 is 23.2 Å². The Morgan fingerprint density at radius 3 is 2.43 bits per heavy atom. The number of allylic oxidation sites excluding steroid dienone is 1. The summed E-state index contributed by atoms with van der Waals surface area (Å²) >= 11 is 0. The minimum absolute atomic E-state index is 0.250. The van der Waals surface area contributed by atoms with Crippen molar-refractivity contribution in [2.24, 2.45) is 5.73 Å². The number of morpholine rings is 1. The first kappa shape index (κ1) is 28.1. The molecule has 1 aliphatic rings. The molecule has 1 fully saturated rings. The second-order valence-corrected chi connectivity index (χ2v) is 8.92. The van der Waals surface area contributed by atoms with E-state index in [9.17, 15) is 14.4 Å². The van der Waals surface area contributed by atoms with Gasteiger partial charge < -0.3 is 19.9 Å². The predicted molar refractivity (Wildman–Crippen MR) is 141 cm³/mol. The lowest BCUT2D eigenvalue weighted by Gasteiger charge is -2.26. The number of esters is 1. The third-order valence-electron chi connectivity index (χ3n) is 6.39. The fourth-order valence-electron chi connectivity index (χ4n) is 4.37. The molecular formula is C29H36N2O6. The molecule has 2 aromatic rings. The van der Waals surface area contributed by atoms with Crippen LogP contribution in [-0.2, 0) is 30.3 Å². The van der Waals surface area contributed by atoms with Gasteiger partial charge in [-0.15, -0.1) is 0 Å². The molecule has 8 heteroatoms. The van der Waals surface area contributed by atoms with Gasteiger partial charge in [-0.25, -0.2) is 4.79 Å². The zero-order valence-electron chi connectivity index (χ0n) is 21.7. The van der Waals surface area contributed by atoms with E-state index in [0.717, 1.165) is 29.8 Å². The summed E-state index contributed by atoms with van der Waals surface area (Å²) in [5.41, 5.74) is 8.87. The molecule has 2 N–H and O–H groups in total. The van der Waals surface area contributed by atoms with E-state index in [1.165, 1.54) is 0 Å². The van der Waals surface area contributed by atoms with Gasteiger partial charge >= 0.3 is 5.97 Å². The molecule has 0 radical (unpaired) electrons. The van der Waals surface area contributed by atoms with Crippen molar-refractivity contribution in [2.45, 2.75) is 33.1 Å². The van der Waals surface area contributed by atoms with Crippen molar-refractivity contribution in [1.82, 2.24) is 4.90 Å². The summed E-state index contributed by atoms with van der Waals surface area (Å²) in [6.45, 7) is 7.33. The Labute approximate surface area is 218 Å². The summed E-state index contributed by atoms with van der Waals surface area (Å²) in [5.74, 6) is -1.97. The van der Waals surface area contributed by atoms with Crippen LogP contribution in [0.1, 0.15) is 36.5 Å². The second kappa shape index (κ2) is 14.3. The largest absolute Gasteiger partial charge is 0.481 e. The van der Waals surface area contributed by atoms with E-state index in [1.807, 2.05) is 50.2 Å². The molecule has 1 heterocycles. The summed E-state index contributed by atoms with van der Waals surface area (Å²) < 4.78 is 16.5. The number of rotatable bonds is 13. The maximum Gasteiger partial charge on any atom is 0.344 e. The van der Waals surface area contributed by atoms with Crippen LogP contribution in [0, 0.1) is 6.92 Å². The second-order valence-electron chi connectivity index (χ2n) is 8.92. The first-order chi connectivity index (χ1) is 17.9. The van der Waals surface area contributed by atoms with Gasteiger partial charge in [-0.1, -0.05) is 55.0 Å². The smallest absolute Gasteiger partial charge is 0.344 e. The number of primary amides is 1. The van der Waals surface area contributed by atoms with E-state index in [4.69, 9.17) is 19.9 Å². The zero-order valence-corrected chi connectivity index (χ0v) is 21.7. The van der Waals surface area contributed by atoms with Crippen molar-refractivity contribution in [3.05, 3.63) is 70.8 Å². The van der Waals surface area contributed by atoms with Gasteiger partial charge in [-0.2, -0.15) is 0 Å². The monoisotopic (exact) mass is 508 g/mol. The lowest BCUT2D eigenvalue weighted by atomic mass is 9.88. The molecule has 8 nitrogen and oxygen atoms in total. The van der Waals surface area contributed by atoms with Crippen LogP contribution in [-0.4, -0.2) is 68.6 Å². The van der Waals surface area contributed by atoms with Crippen LogP contribution < -0.4 is 10.5 Å². The van der Waals surface area contributed by atoms with E-state index in [-0.39, 0.29) is 18.8 Å². The summed E-state index contributed by atoms with van der Waals surface area (Å²) in [5, 5.41) is 0. The molecule has 1 saturated heterocycles. The van der Waals surface area contributed by atoms with Gasteiger partial charge in [0.2, 0.25) is 0 Å². The van der Waals surface area contributed by atoms with Crippen molar-refractivity contribution < 1.29 is 28.6 Å². The van der Waals surface area contributed by atoms with Crippen molar-refractivity contribution in [2.75, 3.05) is 46.1 Å². The van der Waals surface area contributed by atoms with Crippen LogP contribution >= 0.6 is 0 Å². The van der Waals surface area contributed by atoms with Crippen LogP contribution in [0.25, 0.3) is 5.57 Å². The third-order valence-corrected chi connectivity index (χ3v) is 6.39. The topological polar surface area (TPSA) is 108 Å². The zero-order chi connectivity index (χ0) is 26.6. The average Bonchev–Trinajstić information content (AvgIpc) is 2.91. The average molecular weight is 509 g/mol. The van der Waals surface area contributed by atoms with Crippen molar-refractivity contribution in [3.8, 4) is 5.75 Å². The van der Waals surface area contributed by atoms with Gasteiger partial charge in [-0.3, -0.25) is 14.5 Å². The molecule has 0 aromatic heterocycles. The molecule has 37 heavy (non-hydrogen) atoms. The summed E-state index contributed by atoms with van der Waals surface area (Å²) in [7, 11) is 0. The third kappa shape index (κ3) is 8.27. The highest BCUT2D eigenvalue weighted by Gasteiger charge is 2.26. The minimum Gasteiger partial charge on any atom is -0.481 e. The molecule has 0 saturated carbocycles. The lowest BCUT2D eigenvalue weighted by Crippen LogP contribution is -2.38. The number of ether oxygens (including phenoxy) is 3. The molecule has 0 atom stereocenters. The number of amides is 1. The standard InChI is InChI=1S/C29H36N2O6/c1-3-23(13-12-22-9-5-4-6-10-22)27(28(33)29(30)34)26-21(2)8-7-11-24(26)37-20-25(32)36-19-16-31-14-17-35-18-15-31/h4-11H,3,12-20H2,1-2H3,(H2,30,34)/b27-23+. The highest BCUT2D eigenvalue weighted by atomic mass is 16.6. The summed E-state index contributed by atoms with van der Waals surface area (Å²) in [6, 6.07) is 15.2.